The molecule has 3 aromatic rings. The van der Waals surface area contributed by atoms with Crippen molar-refractivity contribution in [3.63, 3.8) is 0 Å². The maximum atomic E-state index is 14.1. The lowest BCUT2D eigenvalue weighted by Crippen LogP contribution is -2.53. The van der Waals surface area contributed by atoms with Crippen molar-refractivity contribution in [2.45, 2.75) is 63.3 Å². The molecule has 2 amide bonds. The van der Waals surface area contributed by atoms with Gasteiger partial charge in [0.2, 0.25) is 11.8 Å². The van der Waals surface area contributed by atoms with Gasteiger partial charge in [-0.25, -0.2) is 8.42 Å². The van der Waals surface area contributed by atoms with Gasteiger partial charge in [-0.1, -0.05) is 72.9 Å². The fourth-order valence-corrected chi connectivity index (χ4v) is 6.34. The number of hydrogen-bond acceptors (Lipinski definition) is 4. The fourth-order valence-electron chi connectivity index (χ4n) is 4.31. The quantitative estimate of drug-likeness (QED) is 0.212. The van der Waals surface area contributed by atoms with Crippen molar-refractivity contribution in [1.82, 2.24) is 10.2 Å². The van der Waals surface area contributed by atoms with Crippen LogP contribution < -0.4 is 9.62 Å². The Balaban J connectivity index is 2.17. The van der Waals surface area contributed by atoms with Crippen LogP contribution in [0.5, 0.6) is 0 Å². The summed E-state index contributed by atoms with van der Waals surface area (Å²) in [6.07, 6.45) is -4.07. The summed E-state index contributed by atoms with van der Waals surface area (Å²) >= 11 is 18.5. The van der Waals surface area contributed by atoms with E-state index in [1.807, 2.05) is 6.92 Å². The third kappa shape index (κ3) is 8.59. The molecule has 3 aromatic carbocycles. The van der Waals surface area contributed by atoms with Gasteiger partial charge in [0.1, 0.15) is 12.6 Å². The Kier molecular flexibility index (Phi) is 12.0. The number of carbonyl (C=O) groups excluding carboxylic acids is 2. The summed E-state index contributed by atoms with van der Waals surface area (Å²) < 4.78 is 69.4. The summed E-state index contributed by atoms with van der Waals surface area (Å²) in [6, 6.07) is 12.4. The van der Waals surface area contributed by atoms with E-state index in [1.54, 1.807) is 26.0 Å². The molecular weight excluding hydrogens is 662 g/mol. The fraction of sp³-hybridized carbons (Fsp3) is 0.333. The second kappa shape index (κ2) is 14.9. The van der Waals surface area contributed by atoms with Crippen LogP contribution in [-0.2, 0) is 32.3 Å². The smallest absolute Gasteiger partial charge is 0.352 e. The first-order chi connectivity index (χ1) is 20.6. The lowest BCUT2D eigenvalue weighted by Gasteiger charge is -2.34. The average Bonchev–Trinajstić information content (AvgIpc) is 2.97. The molecule has 0 unspecified atom stereocenters. The highest BCUT2D eigenvalue weighted by molar-refractivity contribution is 7.92. The molecular formula is C30H31Cl3F3N3O4S. The number of nitrogens with zero attached hydrogens (tertiary/aromatic N) is 2. The molecule has 0 saturated carbocycles. The van der Waals surface area contributed by atoms with Crippen molar-refractivity contribution in [2.24, 2.45) is 0 Å². The Bertz CT molecular complexity index is 1590. The normalized spacial score (nSPS) is 13.2. The lowest BCUT2D eigenvalue weighted by molar-refractivity contribution is -0.140. The largest absolute Gasteiger partial charge is 0.416 e. The van der Waals surface area contributed by atoms with Crippen molar-refractivity contribution >= 4 is 62.3 Å². The van der Waals surface area contributed by atoms with Gasteiger partial charge in [0, 0.05) is 12.6 Å². The highest BCUT2D eigenvalue weighted by Crippen LogP contribution is 2.37. The molecule has 0 aliphatic heterocycles. The van der Waals surface area contributed by atoms with E-state index in [4.69, 9.17) is 34.8 Å². The average molecular weight is 693 g/mol. The number of sulfonamides is 1. The van der Waals surface area contributed by atoms with Crippen LogP contribution in [0.2, 0.25) is 15.1 Å². The summed E-state index contributed by atoms with van der Waals surface area (Å²) in [5.74, 6) is -1.35. The number of alkyl halides is 3. The van der Waals surface area contributed by atoms with E-state index >= 15 is 0 Å². The Hall–Kier alpha value is -2.99. The predicted octanol–water partition coefficient (Wildman–Crippen LogP) is 7.58. The van der Waals surface area contributed by atoms with Crippen LogP contribution in [0.25, 0.3) is 0 Å². The number of benzene rings is 3. The van der Waals surface area contributed by atoms with Gasteiger partial charge >= 0.3 is 6.18 Å². The molecule has 0 radical (unpaired) electrons. The zero-order chi connectivity index (χ0) is 32.8. The molecule has 44 heavy (non-hydrogen) atoms. The maximum absolute atomic E-state index is 14.1. The van der Waals surface area contributed by atoms with E-state index < -0.39 is 51.9 Å². The van der Waals surface area contributed by atoms with Crippen LogP contribution >= 0.6 is 34.8 Å². The monoisotopic (exact) mass is 691 g/mol. The molecule has 0 fully saturated rings. The van der Waals surface area contributed by atoms with Crippen LogP contribution in [0.4, 0.5) is 18.9 Å². The number of anilines is 1. The first-order valence-electron chi connectivity index (χ1n) is 13.6. The van der Waals surface area contributed by atoms with Crippen LogP contribution in [0.1, 0.15) is 44.7 Å². The van der Waals surface area contributed by atoms with Crippen molar-refractivity contribution in [3.05, 3.63) is 92.9 Å². The minimum Gasteiger partial charge on any atom is -0.352 e. The number of amides is 2. The van der Waals surface area contributed by atoms with Gasteiger partial charge in [-0.05, 0) is 67.8 Å². The van der Waals surface area contributed by atoms with E-state index in [2.05, 4.69) is 5.32 Å². The standard InChI is InChI=1S/C30H31Cl3F3N3O4S/c1-4-19(3)37-29(41)26(5-2)38(17-20-11-13-23(31)25(33)15-20)28(40)18-39(44(42,43)22-9-7-6-8-10-22)27-16-21(30(34,35)36)12-14-24(27)32/h6-16,19,26H,4-5,17-18H2,1-3H3,(H,37,41)/t19-,26-/m0/s1. The van der Waals surface area contributed by atoms with Gasteiger partial charge in [-0.2, -0.15) is 13.2 Å². The molecule has 7 nitrogen and oxygen atoms in total. The molecule has 0 aromatic heterocycles. The highest BCUT2D eigenvalue weighted by Gasteiger charge is 2.37. The van der Waals surface area contributed by atoms with Crippen LogP contribution in [0.3, 0.4) is 0 Å². The Morgan fingerprint density at radius 3 is 2.09 bits per heavy atom. The predicted molar refractivity (Wildman–Crippen MR) is 166 cm³/mol. The lowest BCUT2D eigenvalue weighted by atomic mass is 10.1. The van der Waals surface area contributed by atoms with Gasteiger partial charge in [-0.3, -0.25) is 13.9 Å². The van der Waals surface area contributed by atoms with E-state index in [0.717, 1.165) is 6.07 Å². The summed E-state index contributed by atoms with van der Waals surface area (Å²) in [5, 5.41) is 2.96. The molecule has 0 aliphatic rings. The van der Waals surface area contributed by atoms with Crippen molar-refractivity contribution in [2.75, 3.05) is 10.8 Å². The number of nitrogens with one attached hydrogen (secondary N) is 1. The maximum Gasteiger partial charge on any atom is 0.416 e. The summed E-state index contributed by atoms with van der Waals surface area (Å²) in [4.78, 5) is 28.4. The van der Waals surface area contributed by atoms with Crippen molar-refractivity contribution in [3.8, 4) is 0 Å². The van der Waals surface area contributed by atoms with Crippen LogP contribution in [-0.4, -0.2) is 43.8 Å². The molecule has 14 heteroatoms. The van der Waals surface area contributed by atoms with E-state index in [1.165, 1.54) is 41.3 Å². The number of carbonyl (C=O) groups is 2. The SMILES string of the molecule is CC[C@H](C)NC(=O)[C@H](CC)N(Cc1ccc(Cl)c(Cl)c1)C(=O)CN(c1cc(C(F)(F)F)ccc1Cl)S(=O)(=O)c1ccccc1. The highest BCUT2D eigenvalue weighted by atomic mass is 35.5. The number of hydrogen-bond donors (Lipinski definition) is 1. The van der Waals surface area contributed by atoms with Gasteiger partial charge in [0.05, 0.1) is 31.2 Å². The summed E-state index contributed by atoms with van der Waals surface area (Å²) in [5.41, 5.74) is -1.23. The van der Waals surface area contributed by atoms with E-state index in [0.29, 0.717) is 28.4 Å². The van der Waals surface area contributed by atoms with Crippen LogP contribution in [0, 0.1) is 0 Å². The molecule has 0 spiro atoms. The van der Waals surface area contributed by atoms with E-state index in [9.17, 15) is 31.2 Å². The Morgan fingerprint density at radius 2 is 1.52 bits per heavy atom. The second-order valence-corrected chi connectivity index (χ2v) is 13.1. The van der Waals surface area contributed by atoms with Crippen LogP contribution in [0.15, 0.2) is 71.6 Å². The van der Waals surface area contributed by atoms with E-state index in [-0.39, 0.29) is 39.0 Å². The minimum atomic E-state index is -4.83. The minimum absolute atomic E-state index is 0.144. The van der Waals surface area contributed by atoms with Gasteiger partial charge in [0.15, 0.2) is 0 Å². The third-order valence-electron chi connectivity index (χ3n) is 6.88. The third-order valence-corrected chi connectivity index (χ3v) is 9.71. The Labute approximate surface area is 269 Å². The van der Waals surface area contributed by atoms with Crippen molar-refractivity contribution < 1.29 is 31.2 Å². The summed E-state index contributed by atoms with van der Waals surface area (Å²) in [7, 11) is -4.63. The molecule has 2 atom stereocenters. The van der Waals surface area contributed by atoms with Gasteiger partial charge in [-0.15, -0.1) is 0 Å². The van der Waals surface area contributed by atoms with Crippen molar-refractivity contribution in [1.29, 1.82) is 0 Å². The Morgan fingerprint density at radius 1 is 0.886 bits per heavy atom. The molecule has 0 bridgehead atoms. The second-order valence-electron chi connectivity index (χ2n) is 10.0. The first kappa shape index (κ1) is 35.5. The number of rotatable bonds is 12. The molecule has 0 saturated heterocycles. The zero-order valence-electron chi connectivity index (χ0n) is 24.0. The van der Waals surface area contributed by atoms with Gasteiger partial charge < -0.3 is 10.2 Å². The molecule has 238 valence electrons. The molecule has 1 N–H and O–H groups in total. The molecule has 3 rings (SSSR count). The zero-order valence-corrected chi connectivity index (χ0v) is 27.1. The first-order valence-corrected chi connectivity index (χ1v) is 16.2. The molecule has 0 aliphatic carbocycles. The topological polar surface area (TPSA) is 86.8 Å². The number of halogens is 6. The van der Waals surface area contributed by atoms with Gasteiger partial charge in [0.25, 0.3) is 10.0 Å². The molecule has 0 heterocycles. The summed E-state index contributed by atoms with van der Waals surface area (Å²) in [6.45, 7) is 4.19.